The van der Waals surface area contributed by atoms with E-state index in [1.54, 1.807) is 18.3 Å². The van der Waals surface area contributed by atoms with Gasteiger partial charge in [-0.25, -0.2) is 0 Å². The van der Waals surface area contributed by atoms with Gasteiger partial charge in [0, 0.05) is 28.7 Å². The van der Waals surface area contributed by atoms with Crippen LogP contribution in [0.1, 0.15) is 41.6 Å². The van der Waals surface area contributed by atoms with Crippen LogP contribution in [0, 0.1) is 0 Å². The molecule has 0 bridgehead atoms. The van der Waals surface area contributed by atoms with Crippen LogP contribution in [0.2, 0.25) is 5.02 Å². The smallest absolute Gasteiger partial charge is 0.253 e. The topological polar surface area (TPSA) is 116 Å². The molecule has 1 unspecified atom stereocenters. The molecule has 170 valence electrons. The Morgan fingerprint density at radius 3 is 2.81 bits per heavy atom. The van der Waals surface area contributed by atoms with Crippen molar-refractivity contribution in [2.75, 3.05) is 25.0 Å². The summed E-state index contributed by atoms with van der Waals surface area (Å²) in [6.45, 7) is 2.64. The molecule has 1 aliphatic heterocycles. The van der Waals surface area contributed by atoms with Gasteiger partial charge in [0.15, 0.2) is 11.7 Å². The van der Waals surface area contributed by atoms with E-state index in [4.69, 9.17) is 11.6 Å². The summed E-state index contributed by atoms with van der Waals surface area (Å²) in [4.78, 5) is 33.3. The second-order valence-corrected chi connectivity index (χ2v) is 8.90. The minimum Gasteiger partial charge on any atom is -0.389 e. The molecule has 4 N–H and O–H groups in total. The molecule has 2 aromatic rings. The first-order valence-electron chi connectivity index (χ1n) is 10.3. The summed E-state index contributed by atoms with van der Waals surface area (Å²) in [6, 6.07) is 7.25. The number of aromatic nitrogens is 1. The van der Waals surface area contributed by atoms with E-state index in [-0.39, 0.29) is 24.2 Å². The van der Waals surface area contributed by atoms with Gasteiger partial charge in [-0.2, -0.15) is 0 Å². The van der Waals surface area contributed by atoms with E-state index in [2.05, 4.69) is 41.9 Å². The third kappa shape index (κ3) is 7.01. The van der Waals surface area contributed by atoms with Gasteiger partial charge in [0.2, 0.25) is 0 Å². The largest absolute Gasteiger partial charge is 0.389 e. The highest BCUT2D eigenvalue weighted by molar-refractivity contribution is 9.10. The van der Waals surface area contributed by atoms with E-state index >= 15 is 0 Å². The second-order valence-electron chi connectivity index (χ2n) is 7.54. The molecule has 1 aromatic heterocycles. The lowest BCUT2D eigenvalue weighted by Gasteiger charge is -2.19. The number of aliphatic hydroxyl groups is 1. The quantitative estimate of drug-likeness (QED) is 0.423. The van der Waals surface area contributed by atoms with Gasteiger partial charge >= 0.3 is 0 Å². The first-order chi connectivity index (χ1) is 15.3. The molecule has 0 saturated heterocycles. The van der Waals surface area contributed by atoms with Crippen LogP contribution in [0.25, 0.3) is 0 Å². The van der Waals surface area contributed by atoms with Gasteiger partial charge in [-0.1, -0.05) is 34.5 Å². The maximum absolute atomic E-state index is 12.5. The molecular weight excluding hydrogens is 498 g/mol. The number of Topliss-reactive ketones (excluding diaryl/α,β-unsaturated/α-hetero) is 1. The lowest BCUT2D eigenvalue weighted by atomic mass is 9.91. The van der Waals surface area contributed by atoms with Gasteiger partial charge in [-0.15, -0.1) is 0 Å². The first-order valence-corrected chi connectivity index (χ1v) is 11.5. The Balaban J connectivity index is 1.55. The minimum atomic E-state index is -0.513. The summed E-state index contributed by atoms with van der Waals surface area (Å²) in [5.41, 5.74) is 1.88. The van der Waals surface area contributed by atoms with Crippen molar-refractivity contribution in [2.24, 2.45) is 4.99 Å². The molecule has 1 aliphatic rings. The molecule has 3 rings (SSSR count). The number of nitrogens with one attached hydrogen (secondary N) is 3. The van der Waals surface area contributed by atoms with E-state index in [1.165, 1.54) is 6.20 Å². The number of pyridine rings is 1. The van der Waals surface area contributed by atoms with Crippen LogP contribution in [0.5, 0.6) is 0 Å². The Labute approximate surface area is 200 Å². The number of nitrogens with zero attached hydrogens (tertiary/aromatic N) is 2. The van der Waals surface area contributed by atoms with E-state index in [1.807, 2.05) is 19.1 Å². The van der Waals surface area contributed by atoms with Crippen molar-refractivity contribution >= 4 is 50.9 Å². The molecule has 0 radical (unpaired) electrons. The molecule has 10 heteroatoms. The van der Waals surface area contributed by atoms with Crippen LogP contribution >= 0.6 is 27.5 Å². The van der Waals surface area contributed by atoms with Crippen LogP contribution in [-0.2, 0) is 4.79 Å². The SMILES string of the molecule is CC[C@H](CC(=O)CNC(=O)c1cncc(NC2=NCC(O)CN2)c1)c1cc(Cl)cc(Br)c1. The highest BCUT2D eigenvalue weighted by Gasteiger charge is 2.17. The number of halogens is 2. The number of β-amino-alcohol motifs (C(OH)–C–C–N with tert-alkyl or cyclic N) is 1. The summed E-state index contributed by atoms with van der Waals surface area (Å²) in [5, 5.41) is 18.7. The van der Waals surface area contributed by atoms with Gasteiger partial charge in [0.05, 0.1) is 36.6 Å². The molecule has 0 saturated carbocycles. The average Bonchev–Trinajstić information content (AvgIpc) is 2.77. The highest BCUT2D eigenvalue weighted by atomic mass is 79.9. The number of amides is 1. The maximum Gasteiger partial charge on any atom is 0.253 e. The highest BCUT2D eigenvalue weighted by Crippen LogP contribution is 2.29. The number of aliphatic imine (C=N–C) groups is 1. The summed E-state index contributed by atoms with van der Waals surface area (Å²) in [6.07, 6.45) is 3.57. The summed E-state index contributed by atoms with van der Waals surface area (Å²) < 4.78 is 0.866. The zero-order valence-corrected chi connectivity index (χ0v) is 19.9. The minimum absolute atomic E-state index is 0.0193. The van der Waals surface area contributed by atoms with Crippen LogP contribution in [0.4, 0.5) is 5.69 Å². The Kier molecular flexibility index (Phi) is 8.60. The third-order valence-electron chi connectivity index (χ3n) is 5.00. The van der Waals surface area contributed by atoms with Crippen molar-refractivity contribution in [1.82, 2.24) is 15.6 Å². The van der Waals surface area contributed by atoms with E-state index in [0.29, 0.717) is 41.7 Å². The fourth-order valence-corrected chi connectivity index (χ4v) is 4.21. The van der Waals surface area contributed by atoms with Crippen molar-refractivity contribution < 1.29 is 14.7 Å². The molecule has 32 heavy (non-hydrogen) atoms. The zero-order chi connectivity index (χ0) is 23.1. The average molecular weight is 523 g/mol. The number of carbonyl (C=O) groups excluding carboxylic acids is 2. The Bertz CT molecular complexity index is 997. The number of rotatable bonds is 8. The maximum atomic E-state index is 12.5. The zero-order valence-electron chi connectivity index (χ0n) is 17.6. The molecule has 2 atom stereocenters. The van der Waals surface area contributed by atoms with E-state index < -0.39 is 6.10 Å². The Hall–Kier alpha value is -2.49. The number of hydrogen-bond acceptors (Lipinski definition) is 7. The number of anilines is 1. The molecule has 2 heterocycles. The number of benzene rings is 1. The van der Waals surface area contributed by atoms with Crippen LogP contribution in [-0.4, -0.2) is 53.5 Å². The molecular formula is C22H25BrClN5O3. The molecule has 0 fully saturated rings. The fraction of sp³-hybridized carbons (Fsp3) is 0.364. The number of hydrogen-bond donors (Lipinski definition) is 4. The van der Waals surface area contributed by atoms with Crippen molar-refractivity contribution in [3.63, 3.8) is 0 Å². The van der Waals surface area contributed by atoms with Crippen LogP contribution < -0.4 is 16.0 Å². The number of guanidine groups is 1. The van der Waals surface area contributed by atoms with Crippen LogP contribution in [0.15, 0.2) is 46.1 Å². The van der Waals surface area contributed by atoms with E-state index in [0.717, 1.165) is 16.5 Å². The standard InChI is InChI=1S/C22H25BrClN5O3/c1-2-13(14-3-16(23)7-17(24)4-14)6-19(30)10-26-21(32)15-5-18(9-25-8-15)29-22-27-11-20(31)12-28-22/h3-5,7-9,13,20,31H,2,6,10-12H2,1H3,(H,26,32)(H2,27,28,29)/t13-/m1/s1. The number of ketones is 1. The summed E-state index contributed by atoms with van der Waals surface area (Å²) in [5.74, 6) is 0.0684. The van der Waals surface area contributed by atoms with Crippen LogP contribution in [0.3, 0.4) is 0 Å². The Morgan fingerprint density at radius 1 is 1.31 bits per heavy atom. The third-order valence-corrected chi connectivity index (χ3v) is 5.67. The predicted octanol–water partition coefficient (Wildman–Crippen LogP) is 3.11. The molecule has 1 amide bonds. The molecule has 1 aromatic carbocycles. The fourth-order valence-electron chi connectivity index (χ4n) is 3.32. The molecule has 0 aliphatic carbocycles. The van der Waals surface area contributed by atoms with Gasteiger partial charge in [-0.05, 0) is 42.2 Å². The second kappa shape index (κ2) is 11.4. The number of carbonyl (C=O) groups is 2. The van der Waals surface area contributed by atoms with Gasteiger partial charge in [-0.3, -0.25) is 19.6 Å². The molecule has 8 nitrogen and oxygen atoms in total. The lowest BCUT2D eigenvalue weighted by molar-refractivity contribution is -0.118. The van der Waals surface area contributed by atoms with Crippen molar-refractivity contribution in [2.45, 2.75) is 31.8 Å². The van der Waals surface area contributed by atoms with Gasteiger partial charge in [0.1, 0.15) is 0 Å². The van der Waals surface area contributed by atoms with Crippen molar-refractivity contribution in [1.29, 1.82) is 0 Å². The number of aliphatic hydroxyl groups excluding tert-OH is 1. The predicted molar refractivity (Wildman–Crippen MR) is 128 cm³/mol. The van der Waals surface area contributed by atoms with Gasteiger partial charge < -0.3 is 21.1 Å². The lowest BCUT2D eigenvalue weighted by Crippen LogP contribution is -2.42. The monoisotopic (exact) mass is 521 g/mol. The normalized spacial score (nSPS) is 16.5. The van der Waals surface area contributed by atoms with Crippen molar-refractivity contribution in [3.8, 4) is 0 Å². The van der Waals surface area contributed by atoms with Gasteiger partial charge in [0.25, 0.3) is 5.91 Å². The van der Waals surface area contributed by atoms with E-state index in [9.17, 15) is 14.7 Å². The van der Waals surface area contributed by atoms with Crippen molar-refractivity contribution in [3.05, 3.63) is 57.3 Å². The molecule has 0 spiro atoms. The Morgan fingerprint density at radius 2 is 2.12 bits per heavy atom. The first kappa shape index (κ1) is 24.2. The summed E-state index contributed by atoms with van der Waals surface area (Å²) in [7, 11) is 0. The summed E-state index contributed by atoms with van der Waals surface area (Å²) >= 11 is 9.57.